The molecule has 0 aliphatic rings. The van der Waals surface area contributed by atoms with Crippen LogP contribution < -0.4 is 10.7 Å². The highest BCUT2D eigenvalue weighted by Gasteiger charge is 2.34. The molecule has 5 aromatic rings. The van der Waals surface area contributed by atoms with Gasteiger partial charge in [0.25, 0.3) is 0 Å². The summed E-state index contributed by atoms with van der Waals surface area (Å²) < 4.78 is 7.82. The Morgan fingerprint density at radius 3 is 2.55 bits per heavy atom. The molecule has 38 heavy (non-hydrogen) atoms. The van der Waals surface area contributed by atoms with Gasteiger partial charge in [-0.25, -0.2) is 4.79 Å². The number of aliphatic hydroxyl groups is 3. The van der Waals surface area contributed by atoms with Crippen LogP contribution in [-0.4, -0.2) is 36.2 Å². The SMILES string of the molecule is Cc1cc(C(C)Nc2ccccc2C(=O)O)c2oc(-c3ccc4nn(C)cc4c3)c(C(O)(O)O)c(=O)c2c1. The third-order valence-electron chi connectivity index (χ3n) is 6.38. The molecule has 1 unspecified atom stereocenters. The highest BCUT2D eigenvalue weighted by molar-refractivity contribution is 5.94. The van der Waals surface area contributed by atoms with Gasteiger partial charge in [-0.05, 0) is 55.8 Å². The average molecular weight is 516 g/mol. The van der Waals surface area contributed by atoms with Crippen molar-refractivity contribution in [3.8, 4) is 11.3 Å². The van der Waals surface area contributed by atoms with E-state index in [9.17, 15) is 30.0 Å². The first-order chi connectivity index (χ1) is 17.9. The Labute approximate surface area is 216 Å². The standard InChI is InChI=1S/C28H25N3O7/c1-14-10-19(15(2)29-22-7-5-4-6-18(22)27(33)34)26-20(11-14)24(32)23(28(35,36)37)25(38-26)16-8-9-21-17(12-16)13-31(3)30-21/h4-13,15,29,35-37H,1-3H3,(H,33,34). The summed E-state index contributed by atoms with van der Waals surface area (Å²) in [5.41, 5.74) is 1.29. The summed E-state index contributed by atoms with van der Waals surface area (Å²) in [4.78, 5) is 25.3. The van der Waals surface area contributed by atoms with Gasteiger partial charge in [-0.15, -0.1) is 0 Å². The predicted octanol–water partition coefficient (Wildman–Crippen LogP) is 3.61. The molecular weight excluding hydrogens is 490 g/mol. The number of aromatic carboxylic acids is 1. The number of para-hydroxylation sites is 1. The van der Waals surface area contributed by atoms with Gasteiger partial charge in [0, 0.05) is 35.4 Å². The molecule has 0 amide bonds. The molecule has 5 N–H and O–H groups in total. The van der Waals surface area contributed by atoms with Crippen molar-refractivity contribution in [2.24, 2.45) is 7.05 Å². The van der Waals surface area contributed by atoms with Crippen LogP contribution in [0.3, 0.4) is 0 Å². The fraction of sp³-hybridized carbons (Fsp3) is 0.179. The minimum absolute atomic E-state index is 0.0305. The zero-order valence-corrected chi connectivity index (χ0v) is 20.8. The average Bonchev–Trinajstić information content (AvgIpc) is 3.22. The Bertz CT molecular complexity index is 1780. The summed E-state index contributed by atoms with van der Waals surface area (Å²) in [5.74, 6) is -4.78. The molecule has 0 radical (unpaired) electrons. The lowest BCUT2D eigenvalue weighted by Gasteiger charge is -2.22. The van der Waals surface area contributed by atoms with Gasteiger partial charge in [0.05, 0.1) is 22.5 Å². The van der Waals surface area contributed by atoms with E-state index in [0.29, 0.717) is 33.3 Å². The number of nitrogens with one attached hydrogen (secondary N) is 1. The molecule has 3 aromatic carbocycles. The number of aryl methyl sites for hydroxylation is 2. The van der Waals surface area contributed by atoms with Crippen LogP contribution in [-0.2, 0) is 13.0 Å². The molecule has 0 saturated carbocycles. The second kappa shape index (κ2) is 9.10. The molecule has 10 heteroatoms. The Morgan fingerprint density at radius 1 is 1.11 bits per heavy atom. The first kappa shape index (κ1) is 25.2. The summed E-state index contributed by atoms with van der Waals surface area (Å²) >= 11 is 0. The Morgan fingerprint density at radius 2 is 1.84 bits per heavy atom. The second-order valence-corrected chi connectivity index (χ2v) is 9.29. The van der Waals surface area contributed by atoms with Crippen molar-refractivity contribution in [2.75, 3.05) is 5.32 Å². The van der Waals surface area contributed by atoms with Crippen LogP contribution in [0, 0.1) is 6.92 Å². The molecular formula is C28H25N3O7. The van der Waals surface area contributed by atoms with Gasteiger partial charge >= 0.3 is 11.9 Å². The largest absolute Gasteiger partial charge is 0.478 e. The lowest BCUT2D eigenvalue weighted by Crippen LogP contribution is -2.32. The van der Waals surface area contributed by atoms with E-state index in [-0.39, 0.29) is 22.3 Å². The molecule has 0 spiro atoms. The van der Waals surface area contributed by atoms with E-state index in [4.69, 9.17) is 4.42 Å². The Kier molecular flexibility index (Phi) is 6.03. The summed E-state index contributed by atoms with van der Waals surface area (Å²) in [7, 11) is 1.76. The van der Waals surface area contributed by atoms with Gasteiger partial charge in [-0.1, -0.05) is 18.2 Å². The van der Waals surface area contributed by atoms with Gasteiger partial charge in [0.15, 0.2) is 0 Å². The van der Waals surface area contributed by atoms with Crippen molar-refractivity contribution in [2.45, 2.75) is 25.9 Å². The number of hydrogen-bond acceptors (Lipinski definition) is 8. The highest BCUT2D eigenvalue weighted by atomic mass is 16.7. The number of carboxylic acid groups (broad SMARTS) is 1. The monoisotopic (exact) mass is 515 g/mol. The van der Waals surface area contributed by atoms with E-state index >= 15 is 0 Å². The van der Waals surface area contributed by atoms with Crippen molar-refractivity contribution in [1.82, 2.24) is 9.78 Å². The van der Waals surface area contributed by atoms with Crippen LogP contribution in [0.25, 0.3) is 33.2 Å². The molecule has 0 aliphatic heterocycles. The minimum Gasteiger partial charge on any atom is -0.478 e. The minimum atomic E-state index is -3.47. The molecule has 2 aromatic heterocycles. The molecule has 10 nitrogen and oxygen atoms in total. The van der Waals surface area contributed by atoms with Crippen LogP contribution in [0.4, 0.5) is 5.69 Å². The fourth-order valence-electron chi connectivity index (χ4n) is 4.70. The van der Waals surface area contributed by atoms with Crippen molar-refractivity contribution in [3.05, 3.63) is 93.3 Å². The highest BCUT2D eigenvalue weighted by Crippen LogP contribution is 2.36. The molecule has 0 aliphatic carbocycles. The van der Waals surface area contributed by atoms with Gasteiger partial charge in [0.2, 0.25) is 5.43 Å². The normalized spacial score (nSPS) is 12.7. The maximum Gasteiger partial charge on any atom is 0.337 e. The van der Waals surface area contributed by atoms with Gasteiger partial charge < -0.3 is 30.2 Å². The summed E-state index contributed by atoms with van der Waals surface area (Å²) in [6, 6.07) is 14.2. The third kappa shape index (κ3) is 4.41. The lowest BCUT2D eigenvalue weighted by molar-refractivity contribution is -0.324. The number of carboxylic acids is 1. The quantitative estimate of drug-likeness (QED) is 0.213. The summed E-state index contributed by atoms with van der Waals surface area (Å²) in [6.07, 6.45) is 1.75. The van der Waals surface area contributed by atoms with Gasteiger partial charge in [-0.2, -0.15) is 5.10 Å². The van der Waals surface area contributed by atoms with E-state index < -0.39 is 29.0 Å². The van der Waals surface area contributed by atoms with Gasteiger partial charge in [-0.3, -0.25) is 9.48 Å². The topological polar surface area (TPSA) is 158 Å². The van der Waals surface area contributed by atoms with Gasteiger partial charge in [0.1, 0.15) is 16.9 Å². The Hall–Kier alpha value is -4.51. The molecule has 5 rings (SSSR count). The van der Waals surface area contributed by atoms with Crippen molar-refractivity contribution in [3.63, 3.8) is 0 Å². The number of aromatic nitrogens is 2. The second-order valence-electron chi connectivity index (χ2n) is 9.29. The fourth-order valence-corrected chi connectivity index (χ4v) is 4.70. The zero-order valence-electron chi connectivity index (χ0n) is 20.8. The number of nitrogens with zero attached hydrogens (tertiary/aromatic N) is 2. The maximum atomic E-state index is 13.6. The van der Waals surface area contributed by atoms with Crippen LogP contribution in [0.15, 0.2) is 70.0 Å². The molecule has 0 fully saturated rings. The zero-order chi connectivity index (χ0) is 27.4. The number of anilines is 1. The lowest BCUT2D eigenvalue weighted by atomic mass is 9.97. The van der Waals surface area contributed by atoms with E-state index in [2.05, 4.69) is 10.4 Å². The predicted molar refractivity (Wildman–Crippen MR) is 141 cm³/mol. The number of fused-ring (bicyclic) bond motifs is 2. The van der Waals surface area contributed by atoms with Crippen LogP contribution in [0.1, 0.15) is 40.0 Å². The Balaban J connectivity index is 1.75. The molecule has 194 valence electrons. The van der Waals surface area contributed by atoms with Crippen molar-refractivity contribution < 1.29 is 29.6 Å². The summed E-state index contributed by atoms with van der Waals surface area (Å²) in [6.45, 7) is 3.55. The number of hydrogen-bond donors (Lipinski definition) is 5. The van der Waals surface area contributed by atoms with Crippen LogP contribution in [0.5, 0.6) is 0 Å². The van der Waals surface area contributed by atoms with E-state index in [1.54, 1.807) is 74.2 Å². The van der Waals surface area contributed by atoms with Crippen molar-refractivity contribution >= 4 is 33.5 Å². The maximum absolute atomic E-state index is 13.6. The summed E-state index contributed by atoms with van der Waals surface area (Å²) in [5, 5.41) is 48.3. The van der Waals surface area contributed by atoms with E-state index in [1.807, 2.05) is 0 Å². The van der Waals surface area contributed by atoms with Crippen LogP contribution in [0.2, 0.25) is 0 Å². The first-order valence-electron chi connectivity index (χ1n) is 11.8. The molecule has 0 saturated heterocycles. The van der Waals surface area contributed by atoms with E-state index in [1.165, 1.54) is 12.1 Å². The van der Waals surface area contributed by atoms with E-state index in [0.717, 1.165) is 0 Å². The molecule has 1 atom stereocenters. The third-order valence-corrected chi connectivity index (χ3v) is 6.38. The number of carbonyl (C=O) groups is 1. The molecule has 2 heterocycles. The smallest absolute Gasteiger partial charge is 0.337 e. The van der Waals surface area contributed by atoms with Crippen LogP contribution >= 0.6 is 0 Å². The van der Waals surface area contributed by atoms with Crippen molar-refractivity contribution in [1.29, 1.82) is 0 Å². The first-order valence-corrected chi connectivity index (χ1v) is 11.8. The molecule has 0 bridgehead atoms. The number of benzene rings is 3. The number of rotatable bonds is 6.